The van der Waals surface area contributed by atoms with Gasteiger partial charge in [0.2, 0.25) is 0 Å². The molecule has 0 bridgehead atoms. The first-order valence-corrected chi connectivity index (χ1v) is 12.5. The van der Waals surface area contributed by atoms with E-state index in [4.69, 9.17) is 14.0 Å². The van der Waals surface area contributed by atoms with Gasteiger partial charge in [0.1, 0.15) is 11.4 Å². The van der Waals surface area contributed by atoms with E-state index in [-0.39, 0.29) is 18.0 Å². The van der Waals surface area contributed by atoms with Gasteiger partial charge < -0.3 is 24.2 Å². The standard InChI is InChI=1S/C25H29N3O4.C2H6.H2OS/c1-25(2,3)32-24(30)28-11-9-18(10-12-28)27-23(29)16-5-7-21-20-8-6-19(31-4)13-17(20)15-26-22(21)14-16;2*1-2/h5-8,13-15,18H,9-12H2,1-4H3,(H,27,29);1-2H3;1-2H. The van der Waals surface area contributed by atoms with E-state index in [1.165, 1.54) is 0 Å². The molecule has 2 heterocycles. The molecule has 196 valence electrons. The third-order valence-electron chi connectivity index (χ3n) is 5.63. The van der Waals surface area contributed by atoms with Gasteiger partial charge >= 0.3 is 6.09 Å². The van der Waals surface area contributed by atoms with Crippen molar-refractivity contribution in [3.05, 3.63) is 48.2 Å². The number of hydrogen-bond acceptors (Lipinski definition) is 7. The zero-order valence-corrected chi connectivity index (χ0v) is 22.8. The average molecular weight is 516 g/mol. The summed E-state index contributed by atoms with van der Waals surface area (Å²) in [5.41, 5.74) is 0.839. The molecule has 1 saturated heterocycles. The van der Waals surface area contributed by atoms with Gasteiger partial charge in [-0.05, 0) is 82.2 Å². The van der Waals surface area contributed by atoms with Crippen molar-refractivity contribution in [2.75, 3.05) is 20.2 Å². The van der Waals surface area contributed by atoms with Crippen LogP contribution in [0.5, 0.6) is 5.75 Å². The van der Waals surface area contributed by atoms with Gasteiger partial charge in [0.15, 0.2) is 0 Å². The second-order valence-electron chi connectivity index (χ2n) is 9.16. The predicted octanol–water partition coefficient (Wildman–Crippen LogP) is 5.94. The molecule has 4 rings (SSSR count). The molecule has 3 aromatic rings. The number of aromatic nitrogens is 1. The van der Waals surface area contributed by atoms with Crippen LogP contribution < -0.4 is 10.1 Å². The number of carbonyl (C=O) groups is 2. The van der Waals surface area contributed by atoms with Crippen molar-refractivity contribution in [1.82, 2.24) is 15.2 Å². The molecule has 0 atom stereocenters. The lowest BCUT2D eigenvalue weighted by Gasteiger charge is -2.33. The van der Waals surface area contributed by atoms with Gasteiger partial charge in [-0.3, -0.25) is 9.78 Å². The Morgan fingerprint density at radius 2 is 1.69 bits per heavy atom. The van der Waals surface area contributed by atoms with E-state index in [2.05, 4.69) is 23.2 Å². The van der Waals surface area contributed by atoms with Gasteiger partial charge in [-0.25, -0.2) is 4.79 Å². The highest BCUT2D eigenvalue weighted by Gasteiger charge is 2.27. The third kappa shape index (κ3) is 7.48. The van der Waals surface area contributed by atoms with E-state index >= 15 is 0 Å². The SMILES string of the molecule is CC.COc1ccc2c(cnc3cc(C(=O)NC4CCN(C(=O)OC(C)(C)C)CC4)ccc32)c1.OS. The summed E-state index contributed by atoms with van der Waals surface area (Å²) >= 11 is 2.53. The van der Waals surface area contributed by atoms with Crippen LogP contribution in [0.3, 0.4) is 0 Å². The Morgan fingerprint density at radius 1 is 1.06 bits per heavy atom. The summed E-state index contributed by atoms with van der Waals surface area (Å²) in [6, 6.07) is 11.5. The Kier molecular flexibility index (Phi) is 10.8. The van der Waals surface area contributed by atoms with E-state index in [1.807, 2.05) is 71.0 Å². The van der Waals surface area contributed by atoms with Crippen LogP contribution in [0.2, 0.25) is 0 Å². The number of thiol groups is 1. The van der Waals surface area contributed by atoms with Crippen molar-refractivity contribution in [3.63, 3.8) is 0 Å². The number of pyridine rings is 1. The summed E-state index contributed by atoms with van der Waals surface area (Å²) in [5.74, 6) is 0.659. The van der Waals surface area contributed by atoms with Crippen LogP contribution in [0.25, 0.3) is 21.7 Å². The molecule has 0 radical (unpaired) electrons. The van der Waals surface area contributed by atoms with Gasteiger partial charge in [0.25, 0.3) is 5.91 Å². The minimum atomic E-state index is -0.510. The van der Waals surface area contributed by atoms with Crippen molar-refractivity contribution in [2.45, 2.75) is 59.1 Å². The quantitative estimate of drug-likeness (QED) is 0.227. The predicted molar refractivity (Wildman–Crippen MR) is 147 cm³/mol. The lowest BCUT2D eigenvalue weighted by atomic mass is 10.0. The highest BCUT2D eigenvalue weighted by atomic mass is 32.1. The molecule has 0 spiro atoms. The highest BCUT2D eigenvalue weighted by molar-refractivity contribution is 7.74. The molecule has 0 aliphatic carbocycles. The largest absolute Gasteiger partial charge is 0.497 e. The van der Waals surface area contributed by atoms with E-state index < -0.39 is 5.60 Å². The number of nitrogens with one attached hydrogen (secondary N) is 1. The summed E-state index contributed by atoms with van der Waals surface area (Å²) in [5, 5.41) is 6.15. The Bertz CT molecular complexity index is 1170. The fourth-order valence-corrected chi connectivity index (χ4v) is 3.97. The summed E-state index contributed by atoms with van der Waals surface area (Å²) in [6.07, 6.45) is 2.90. The van der Waals surface area contributed by atoms with Gasteiger partial charge in [-0.15, -0.1) is 0 Å². The van der Waals surface area contributed by atoms with Crippen LogP contribution in [-0.4, -0.2) is 58.3 Å². The first-order chi connectivity index (χ1) is 17.2. The number of likely N-dealkylation sites (tertiary alicyclic amines) is 1. The number of ether oxygens (including phenoxy) is 2. The van der Waals surface area contributed by atoms with Crippen LogP contribution in [-0.2, 0) is 4.74 Å². The zero-order chi connectivity index (χ0) is 26.9. The molecule has 1 aliphatic heterocycles. The monoisotopic (exact) mass is 515 g/mol. The topological polar surface area (TPSA) is 101 Å². The maximum Gasteiger partial charge on any atom is 0.410 e. The fourth-order valence-electron chi connectivity index (χ4n) is 3.97. The molecule has 0 saturated carbocycles. The van der Waals surface area contributed by atoms with E-state index in [0.717, 1.165) is 27.4 Å². The minimum absolute atomic E-state index is 0.0221. The maximum atomic E-state index is 12.8. The van der Waals surface area contributed by atoms with Crippen molar-refractivity contribution < 1.29 is 23.6 Å². The third-order valence-corrected chi connectivity index (χ3v) is 5.63. The van der Waals surface area contributed by atoms with Crippen LogP contribution in [0.1, 0.15) is 57.8 Å². The summed E-state index contributed by atoms with van der Waals surface area (Å²) in [4.78, 5) is 31.3. The summed E-state index contributed by atoms with van der Waals surface area (Å²) in [7, 11) is 1.64. The first-order valence-electron chi connectivity index (χ1n) is 12.1. The zero-order valence-electron chi connectivity index (χ0n) is 21.9. The van der Waals surface area contributed by atoms with Crippen molar-refractivity contribution in [1.29, 1.82) is 0 Å². The molecule has 0 unspecified atom stereocenters. The number of rotatable bonds is 3. The molecule has 8 nitrogen and oxygen atoms in total. The molecule has 9 heteroatoms. The van der Waals surface area contributed by atoms with Crippen LogP contribution >= 0.6 is 12.9 Å². The van der Waals surface area contributed by atoms with Crippen LogP contribution in [0.15, 0.2) is 42.6 Å². The normalized spacial score (nSPS) is 13.7. The van der Waals surface area contributed by atoms with E-state index in [1.54, 1.807) is 18.2 Å². The molecule has 1 fully saturated rings. The second-order valence-corrected chi connectivity index (χ2v) is 9.16. The maximum absolute atomic E-state index is 12.8. The molecule has 2 amide bonds. The Hall–Kier alpha value is -3.04. The van der Waals surface area contributed by atoms with Gasteiger partial charge in [0.05, 0.1) is 12.6 Å². The average Bonchev–Trinajstić information content (AvgIpc) is 2.89. The lowest BCUT2D eigenvalue weighted by molar-refractivity contribution is 0.0199. The smallest absolute Gasteiger partial charge is 0.410 e. The second kappa shape index (κ2) is 13.3. The van der Waals surface area contributed by atoms with E-state index in [0.29, 0.717) is 31.5 Å². The van der Waals surface area contributed by atoms with Crippen molar-refractivity contribution in [3.8, 4) is 5.75 Å². The summed E-state index contributed by atoms with van der Waals surface area (Å²) in [6.45, 7) is 10.7. The first kappa shape index (κ1) is 29.2. The van der Waals surface area contributed by atoms with Gasteiger partial charge in [-0.1, -0.05) is 19.9 Å². The number of piperidine rings is 1. The molecule has 36 heavy (non-hydrogen) atoms. The molecule has 2 N–H and O–H groups in total. The Morgan fingerprint density at radius 3 is 2.31 bits per heavy atom. The number of benzene rings is 2. The molecule has 1 aromatic heterocycles. The molecular formula is C27H37N3O5S. The number of methoxy groups -OCH3 is 1. The minimum Gasteiger partial charge on any atom is -0.497 e. The number of hydrogen-bond donors (Lipinski definition) is 3. The number of fused-ring (bicyclic) bond motifs is 3. The van der Waals surface area contributed by atoms with Gasteiger partial charge in [0, 0.05) is 41.7 Å². The van der Waals surface area contributed by atoms with E-state index in [9.17, 15) is 9.59 Å². The van der Waals surface area contributed by atoms with Crippen LogP contribution in [0.4, 0.5) is 4.79 Å². The summed E-state index contributed by atoms with van der Waals surface area (Å²) < 4.78 is 17.4. The number of amides is 2. The molecule has 1 aliphatic rings. The van der Waals surface area contributed by atoms with Crippen molar-refractivity contribution in [2.24, 2.45) is 0 Å². The van der Waals surface area contributed by atoms with Gasteiger partial charge in [-0.2, -0.15) is 0 Å². The number of nitrogens with zero attached hydrogens (tertiary/aromatic N) is 2. The lowest BCUT2D eigenvalue weighted by Crippen LogP contribution is -2.47. The molecular weight excluding hydrogens is 478 g/mol. The highest BCUT2D eigenvalue weighted by Crippen LogP contribution is 2.27. The number of carbonyl (C=O) groups excluding carboxylic acids is 2. The molecule has 2 aromatic carbocycles. The van der Waals surface area contributed by atoms with Crippen molar-refractivity contribution >= 4 is 46.6 Å². The Labute approximate surface area is 218 Å². The Balaban J connectivity index is 0.00000109. The van der Waals surface area contributed by atoms with Crippen LogP contribution in [0, 0.1) is 0 Å². The fraction of sp³-hybridized carbons (Fsp3) is 0.444.